The third-order valence-corrected chi connectivity index (χ3v) is 10.7. The van der Waals surface area contributed by atoms with Crippen LogP contribution in [0.2, 0.25) is 0 Å². The molecule has 2 atom stereocenters. The normalized spacial score (nSPS) is 21.6. The van der Waals surface area contributed by atoms with Crippen molar-refractivity contribution in [1.29, 1.82) is 0 Å². The van der Waals surface area contributed by atoms with Crippen LogP contribution in [0.25, 0.3) is 0 Å². The largest absolute Gasteiger partial charge is 0.300 e. The standard InChI is InChI=1S/C23H38N2O4S2/c1-19-10-11-22(30(26,27)17-20(2)24-12-6-4-7-13-24)23(16-19)31(28,29)18-21(3)25-14-8-5-9-15-25/h10-11,16,20-21H,4-9,12-15,17-18H2,1-3H3/t20-,21-/m1/s1. The van der Waals surface area contributed by atoms with Crippen LogP contribution in [0.15, 0.2) is 28.0 Å². The van der Waals surface area contributed by atoms with E-state index in [1.165, 1.54) is 25.0 Å². The Labute approximate surface area is 188 Å². The molecule has 2 fully saturated rings. The number of hydrogen-bond acceptors (Lipinski definition) is 6. The Balaban J connectivity index is 1.84. The fourth-order valence-corrected chi connectivity index (χ4v) is 9.05. The minimum atomic E-state index is -3.74. The van der Waals surface area contributed by atoms with E-state index in [-0.39, 0.29) is 33.4 Å². The van der Waals surface area contributed by atoms with E-state index in [2.05, 4.69) is 9.80 Å². The zero-order chi connectivity index (χ0) is 22.6. The van der Waals surface area contributed by atoms with Gasteiger partial charge in [-0.25, -0.2) is 16.8 Å². The van der Waals surface area contributed by atoms with Gasteiger partial charge in [-0.15, -0.1) is 0 Å². The molecule has 0 aliphatic carbocycles. The summed E-state index contributed by atoms with van der Waals surface area (Å²) < 4.78 is 53.5. The van der Waals surface area contributed by atoms with Crippen molar-refractivity contribution in [2.45, 2.75) is 81.2 Å². The highest BCUT2D eigenvalue weighted by atomic mass is 32.2. The molecule has 0 unspecified atom stereocenters. The number of aryl methyl sites for hydroxylation is 1. The summed E-state index contributed by atoms with van der Waals surface area (Å²) >= 11 is 0. The smallest absolute Gasteiger partial charge is 0.181 e. The molecule has 1 aromatic carbocycles. The van der Waals surface area contributed by atoms with Crippen molar-refractivity contribution >= 4 is 19.7 Å². The van der Waals surface area contributed by atoms with Crippen molar-refractivity contribution in [3.63, 3.8) is 0 Å². The minimum absolute atomic E-state index is 0.0257. The lowest BCUT2D eigenvalue weighted by molar-refractivity contribution is 0.186. The summed E-state index contributed by atoms with van der Waals surface area (Å²) in [6.07, 6.45) is 6.72. The van der Waals surface area contributed by atoms with Gasteiger partial charge in [0, 0.05) is 12.1 Å². The first-order chi connectivity index (χ1) is 14.6. The zero-order valence-corrected chi connectivity index (χ0v) is 20.8. The number of likely N-dealkylation sites (tertiary alicyclic amines) is 2. The molecule has 6 nitrogen and oxygen atoms in total. The van der Waals surface area contributed by atoms with E-state index in [4.69, 9.17) is 0 Å². The maximum Gasteiger partial charge on any atom is 0.181 e. The van der Waals surface area contributed by atoms with Gasteiger partial charge in [0.2, 0.25) is 0 Å². The zero-order valence-electron chi connectivity index (χ0n) is 19.2. The van der Waals surface area contributed by atoms with Gasteiger partial charge in [-0.2, -0.15) is 0 Å². The molecular weight excluding hydrogens is 432 g/mol. The number of benzene rings is 1. The van der Waals surface area contributed by atoms with Crippen molar-refractivity contribution < 1.29 is 16.8 Å². The van der Waals surface area contributed by atoms with E-state index in [1.54, 1.807) is 13.0 Å². The van der Waals surface area contributed by atoms with Gasteiger partial charge in [0.15, 0.2) is 19.7 Å². The highest BCUT2D eigenvalue weighted by Crippen LogP contribution is 2.27. The molecular formula is C23H38N2O4S2. The molecule has 2 aliphatic rings. The molecule has 0 saturated carbocycles. The molecule has 31 heavy (non-hydrogen) atoms. The minimum Gasteiger partial charge on any atom is -0.300 e. The van der Waals surface area contributed by atoms with Crippen molar-refractivity contribution in [2.24, 2.45) is 0 Å². The maximum absolute atomic E-state index is 13.4. The Bertz CT molecular complexity index is 948. The van der Waals surface area contributed by atoms with Crippen LogP contribution >= 0.6 is 0 Å². The van der Waals surface area contributed by atoms with Crippen molar-refractivity contribution in [2.75, 3.05) is 37.7 Å². The third-order valence-electron chi connectivity index (χ3n) is 6.72. The Morgan fingerprint density at radius 2 is 1.13 bits per heavy atom. The number of piperidine rings is 2. The maximum atomic E-state index is 13.4. The van der Waals surface area contributed by atoms with Crippen LogP contribution in [-0.2, 0) is 19.7 Å². The lowest BCUT2D eigenvalue weighted by atomic mass is 10.1. The number of sulfone groups is 2. The first-order valence-electron chi connectivity index (χ1n) is 11.6. The molecule has 0 bridgehead atoms. The van der Waals surface area contributed by atoms with Gasteiger partial charge < -0.3 is 0 Å². The van der Waals surface area contributed by atoms with E-state index in [9.17, 15) is 16.8 Å². The molecule has 0 N–H and O–H groups in total. The van der Waals surface area contributed by atoms with E-state index >= 15 is 0 Å². The van der Waals surface area contributed by atoms with Crippen LogP contribution < -0.4 is 0 Å². The molecule has 0 aromatic heterocycles. The van der Waals surface area contributed by atoms with Gasteiger partial charge in [0.05, 0.1) is 21.3 Å². The Kier molecular flexibility index (Phi) is 8.21. The van der Waals surface area contributed by atoms with Crippen molar-refractivity contribution in [1.82, 2.24) is 9.80 Å². The first kappa shape index (κ1) is 24.7. The SMILES string of the molecule is Cc1ccc(S(=O)(=O)C[C@@H](C)N2CCCCC2)c(S(=O)(=O)C[C@@H](C)N2CCCCC2)c1. The van der Waals surface area contributed by atoms with Crippen LogP contribution in [0, 0.1) is 6.92 Å². The molecule has 1 aromatic rings. The fraction of sp³-hybridized carbons (Fsp3) is 0.739. The van der Waals surface area contributed by atoms with E-state index in [1.807, 2.05) is 13.8 Å². The number of rotatable bonds is 8. The van der Waals surface area contributed by atoms with Crippen LogP contribution in [0.1, 0.15) is 57.9 Å². The molecule has 3 rings (SSSR count). The average molecular weight is 471 g/mol. The molecule has 8 heteroatoms. The molecule has 2 heterocycles. The highest BCUT2D eigenvalue weighted by molar-refractivity contribution is 7.94. The predicted octanol–water partition coefficient (Wildman–Crippen LogP) is 3.29. The van der Waals surface area contributed by atoms with Crippen molar-refractivity contribution in [3.8, 4) is 0 Å². The van der Waals surface area contributed by atoms with E-state index in [0.717, 1.165) is 57.4 Å². The summed E-state index contributed by atoms with van der Waals surface area (Å²) in [5, 5.41) is 0. The molecule has 0 spiro atoms. The summed E-state index contributed by atoms with van der Waals surface area (Å²) in [6.45, 7) is 9.30. The summed E-state index contributed by atoms with van der Waals surface area (Å²) in [5.41, 5.74) is 0.757. The third kappa shape index (κ3) is 6.30. The van der Waals surface area contributed by atoms with Crippen LogP contribution in [0.4, 0.5) is 0 Å². The van der Waals surface area contributed by atoms with Gasteiger partial charge in [-0.3, -0.25) is 9.80 Å². The quantitative estimate of drug-likeness (QED) is 0.580. The van der Waals surface area contributed by atoms with E-state index < -0.39 is 19.7 Å². The molecule has 0 amide bonds. The monoisotopic (exact) mass is 470 g/mol. The van der Waals surface area contributed by atoms with E-state index in [0.29, 0.717) is 0 Å². The summed E-state index contributed by atoms with van der Waals surface area (Å²) in [7, 11) is -7.47. The second-order valence-corrected chi connectivity index (χ2v) is 13.4. The lowest BCUT2D eigenvalue weighted by Gasteiger charge is -2.32. The average Bonchev–Trinajstić information content (AvgIpc) is 2.74. The second-order valence-electron chi connectivity index (χ2n) is 9.40. The molecule has 2 aliphatic heterocycles. The summed E-state index contributed by atoms with van der Waals surface area (Å²) in [4.78, 5) is 4.36. The number of nitrogens with zero attached hydrogens (tertiary/aromatic N) is 2. The van der Waals surface area contributed by atoms with Gasteiger partial charge in [-0.05, 0) is 90.3 Å². The summed E-state index contributed by atoms with van der Waals surface area (Å²) in [5.74, 6) is -0.110. The topological polar surface area (TPSA) is 74.8 Å². The Hall–Kier alpha value is -0.960. The van der Waals surface area contributed by atoms with Crippen molar-refractivity contribution in [3.05, 3.63) is 23.8 Å². The first-order valence-corrected chi connectivity index (χ1v) is 14.9. The lowest BCUT2D eigenvalue weighted by Crippen LogP contribution is -2.42. The van der Waals surface area contributed by atoms with Gasteiger partial charge >= 0.3 is 0 Å². The predicted molar refractivity (Wildman–Crippen MR) is 125 cm³/mol. The Morgan fingerprint density at radius 1 is 0.710 bits per heavy atom. The van der Waals surface area contributed by atoms with Gasteiger partial charge in [0.25, 0.3) is 0 Å². The molecule has 176 valence electrons. The van der Waals surface area contributed by atoms with Crippen LogP contribution in [-0.4, -0.2) is 76.4 Å². The Morgan fingerprint density at radius 3 is 1.58 bits per heavy atom. The van der Waals surface area contributed by atoms with Gasteiger partial charge in [0.1, 0.15) is 0 Å². The molecule has 2 saturated heterocycles. The number of hydrogen-bond donors (Lipinski definition) is 0. The highest BCUT2D eigenvalue weighted by Gasteiger charge is 2.32. The van der Waals surface area contributed by atoms with Gasteiger partial charge in [-0.1, -0.05) is 18.9 Å². The van der Waals surface area contributed by atoms with Crippen LogP contribution in [0.3, 0.4) is 0 Å². The molecule has 0 radical (unpaired) electrons. The summed E-state index contributed by atoms with van der Waals surface area (Å²) in [6, 6.07) is 4.47. The van der Waals surface area contributed by atoms with Crippen LogP contribution in [0.5, 0.6) is 0 Å². The second kappa shape index (κ2) is 10.3. The fourth-order valence-electron chi connectivity index (χ4n) is 4.86.